The van der Waals surface area contributed by atoms with E-state index in [1.54, 1.807) is 11.3 Å². The highest BCUT2D eigenvalue weighted by Gasteiger charge is 2.52. The molecule has 5 heterocycles. The van der Waals surface area contributed by atoms with E-state index in [1.165, 1.54) is 56.2 Å². The number of hydrogen-bond donors (Lipinski definition) is 0. The fourth-order valence-electron chi connectivity index (χ4n) is 7.78. The Morgan fingerprint density at radius 2 is 1.73 bits per heavy atom. The van der Waals surface area contributed by atoms with E-state index in [9.17, 15) is 9.59 Å². The molecule has 0 spiro atoms. The summed E-state index contributed by atoms with van der Waals surface area (Å²) in [4.78, 5) is 36.8. The van der Waals surface area contributed by atoms with Crippen LogP contribution < -0.4 is 0 Å². The van der Waals surface area contributed by atoms with Gasteiger partial charge in [-0.05, 0) is 36.8 Å². The van der Waals surface area contributed by atoms with Crippen LogP contribution >= 0.6 is 34.4 Å². The molecular formula is C31H25N5O2S3. The number of ketones is 2. The predicted molar refractivity (Wildman–Crippen MR) is 167 cm³/mol. The van der Waals surface area contributed by atoms with Gasteiger partial charge in [-0.2, -0.15) is 8.75 Å². The molecule has 6 aromatic rings. The fraction of sp³-hybridized carbons (Fsp3) is 0.355. The molecule has 0 N–H and O–H groups in total. The SMILES string of the molecule is Cn1c2cc(-c3cnc(N=C4C(=O)C(=O)C5CC6CCCCC6CC45)c4nsnc34)sc2c2sc3ccccc3c21. The molecule has 1 aromatic carbocycles. The van der Waals surface area contributed by atoms with E-state index in [0.717, 1.165) is 40.5 Å². The van der Waals surface area contributed by atoms with Crippen LogP contribution in [0.4, 0.5) is 5.82 Å². The zero-order valence-electron chi connectivity index (χ0n) is 22.3. The Morgan fingerprint density at radius 3 is 2.59 bits per heavy atom. The average Bonchev–Trinajstić information content (AvgIpc) is 3.80. The van der Waals surface area contributed by atoms with Crippen LogP contribution in [0, 0.1) is 23.7 Å². The molecular weight excluding hydrogens is 571 g/mol. The minimum atomic E-state index is -0.419. The van der Waals surface area contributed by atoms with Crippen molar-refractivity contribution >= 4 is 99.1 Å². The predicted octanol–water partition coefficient (Wildman–Crippen LogP) is 7.73. The molecule has 3 saturated carbocycles. The highest BCUT2D eigenvalue weighted by molar-refractivity contribution is 7.32. The molecule has 3 aliphatic rings. The topological polar surface area (TPSA) is 90.1 Å². The van der Waals surface area contributed by atoms with Crippen LogP contribution in [-0.4, -0.2) is 35.6 Å². The lowest BCUT2D eigenvalue weighted by atomic mass is 9.64. The number of aryl methyl sites for hydroxylation is 1. The molecule has 10 heteroatoms. The summed E-state index contributed by atoms with van der Waals surface area (Å²) in [5.74, 6) is 0.580. The molecule has 0 amide bonds. The first kappa shape index (κ1) is 24.3. The number of aliphatic imine (C=N–C) groups is 1. The number of carbonyl (C=O) groups excluding carboxylic acids is 2. The smallest absolute Gasteiger partial charge is 0.243 e. The van der Waals surface area contributed by atoms with Crippen molar-refractivity contribution in [2.45, 2.75) is 38.5 Å². The highest BCUT2D eigenvalue weighted by atomic mass is 32.1. The standard InChI is InChI=1S/C31H25N5O2S3/c1-36-20-12-22(40-29(20)30-26(36)16-8-4-5-9-21(16)39-30)19-13-32-31(25-23(19)34-41-35-25)33-24-17-10-14-6-2-3-7-15(14)11-18(17)27(37)28(24)38/h4-5,8-9,12-15,17-18H,2-3,6-7,10-11H2,1H3. The Labute approximate surface area is 247 Å². The summed E-state index contributed by atoms with van der Waals surface area (Å²) in [7, 11) is 2.13. The third-order valence-corrected chi connectivity index (χ3v) is 12.8. The Kier molecular flexibility index (Phi) is 5.23. The number of aromatic nitrogens is 4. The van der Waals surface area contributed by atoms with Gasteiger partial charge in [0.2, 0.25) is 11.6 Å². The number of hydrogen-bond acceptors (Lipinski definition) is 9. The van der Waals surface area contributed by atoms with Crippen LogP contribution in [0.2, 0.25) is 0 Å². The van der Waals surface area contributed by atoms with Gasteiger partial charge in [0.1, 0.15) is 11.0 Å². The Hall–Kier alpha value is -3.34. The van der Waals surface area contributed by atoms with Gasteiger partial charge in [-0.15, -0.1) is 22.7 Å². The second-order valence-corrected chi connectivity index (χ2v) is 14.4. The minimum Gasteiger partial charge on any atom is -0.342 e. The van der Waals surface area contributed by atoms with Crippen LogP contribution in [0.15, 0.2) is 41.5 Å². The van der Waals surface area contributed by atoms with Crippen molar-refractivity contribution in [2.24, 2.45) is 35.7 Å². The van der Waals surface area contributed by atoms with E-state index in [2.05, 4.69) is 50.7 Å². The van der Waals surface area contributed by atoms with Crippen molar-refractivity contribution in [3.63, 3.8) is 0 Å². The van der Waals surface area contributed by atoms with E-state index < -0.39 is 5.78 Å². The first-order valence-electron chi connectivity index (χ1n) is 14.2. The van der Waals surface area contributed by atoms with Crippen molar-refractivity contribution in [2.75, 3.05) is 0 Å². The molecule has 3 fully saturated rings. The van der Waals surface area contributed by atoms with Gasteiger partial charge in [0, 0.05) is 45.6 Å². The van der Waals surface area contributed by atoms with Crippen molar-refractivity contribution in [1.82, 2.24) is 18.3 Å². The first-order valence-corrected chi connectivity index (χ1v) is 16.6. The summed E-state index contributed by atoms with van der Waals surface area (Å²) in [5, 5.41) is 1.29. The lowest BCUT2D eigenvalue weighted by Crippen LogP contribution is -2.35. The van der Waals surface area contributed by atoms with Crippen LogP contribution in [0.25, 0.3) is 52.0 Å². The maximum Gasteiger partial charge on any atom is 0.243 e. The van der Waals surface area contributed by atoms with Crippen molar-refractivity contribution in [1.29, 1.82) is 0 Å². The highest BCUT2D eigenvalue weighted by Crippen LogP contribution is 2.50. The summed E-state index contributed by atoms with van der Waals surface area (Å²) in [6.45, 7) is 0. The van der Waals surface area contributed by atoms with Gasteiger partial charge < -0.3 is 4.57 Å². The quantitative estimate of drug-likeness (QED) is 0.191. The van der Waals surface area contributed by atoms with Crippen molar-refractivity contribution < 1.29 is 9.59 Å². The minimum absolute atomic E-state index is 0.0937. The van der Waals surface area contributed by atoms with Gasteiger partial charge in [-0.3, -0.25) is 9.59 Å². The number of Topliss-reactive ketones (excluding diaryl/α,β-unsaturated/α-hetero) is 2. The molecule has 0 bridgehead atoms. The summed E-state index contributed by atoms with van der Waals surface area (Å²) in [5.41, 5.74) is 5.12. The van der Waals surface area contributed by atoms with Gasteiger partial charge >= 0.3 is 0 Å². The second kappa shape index (κ2) is 8.83. The summed E-state index contributed by atoms with van der Waals surface area (Å²) in [6.07, 6.45) is 8.39. The maximum absolute atomic E-state index is 13.2. The molecule has 7 nitrogen and oxygen atoms in total. The van der Waals surface area contributed by atoms with Crippen LogP contribution in [0.5, 0.6) is 0 Å². The third-order valence-electron chi connectivity index (χ3n) is 9.76. The molecule has 0 radical (unpaired) electrons. The lowest BCUT2D eigenvalue weighted by Gasteiger charge is -2.40. The summed E-state index contributed by atoms with van der Waals surface area (Å²) in [6, 6.07) is 10.8. The zero-order chi connectivity index (χ0) is 27.4. The summed E-state index contributed by atoms with van der Waals surface area (Å²) >= 11 is 4.71. The molecule has 5 aromatic heterocycles. The van der Waals surface area contributed by atoms with Gasteiger partial charge in [-0.1, -0.05) is 43.9 Å². The Balaban J connectivity index is 1.13. The largest absolute Gasteiger partial charge is 0.342 e. The molecule has 0 aliphatic heterocycles. The van der Waals surface area contributed by atoms with Crippen molar-refractivity contribution in [3.8, 4) is 10.4 Å². The van der Waals surface area contributed by atoms with E-state index in [1.807, 2.05) is 17.5 Å². The van der Waals surface area contributed by atoms with Gasteiger partial charge in [0.15, 0.2) is 5.82 Å². The van der Waals surface area contributed by atoms with Gasteiger partial charge in [-0.25, -0.2) is 9.98 Å². The van der Waals surface area contributed by atoms with Gasteiger partial charge in [0.05, 0.1) is 37.9 Å². The van der Waals surface area contributed by atoms with E-state index >= 15 is 0 Å². The third kappa shape index (κ3) is 3.41. The zero-order valence-corrected chi connectivity index (χ0v) is 24.7. The molecule has 204 valence electrons. The summed E-state index contributed by atoms with van der Waals surface area (Å²) < 4.78 is 15.4. The maximum atomic E-state index is 13.2. The van der Waals surface area contributed by atoms with Crippen molar-refractivity contribution in [3.05, 3.63) is 36.5 Å². The first-order chi connectivity index (χ1) is 20.1. The van der Waals surface area contributed by atoms with E-state index in [4.69, 9.17) is 9.98 Å². The molecule has 3 aliphatic carbocycles. The number of thiophene rings is 2. The number of rotatable bonds is 2. The Morgan fingerprint density at radius 1 is 0.951 bits per heavy atom. The molecule has 4 unspecified atom stereocenters. The monoisotopic (exact) mass is 595 g/mol. The molecule has 9 rings (SSSR count). The average molecular weight is 596 g/mol. The fourth-order valence-corrected chi connectivity index (χ4v) is 10.9. The Bertz CT molecular complexity index is 2110. The van der Waals surface area contributed by atoms with E-state index in [-0.39, 0.29) is 17.6 Å². The van der Waals surface area contributed by atoms with Gasteiger partial charge in [0.25, 0.3) is 0 Å². The number of pyridine rings is 1. The normalized spacial score (nSPS) is 25.7. The molecule has 4 atom stereocenters. The number of benzene rings is 1. The lowest BCUT2D eigenvalue weighted by molar-refractivity contribution is -0.135. The molecule has 0 saturated heterocycles. The van der Waals surface area contributed by atoms with E-state index in [0.29, 0.717) is 28.9 Å². The number of carbonyl (C=O) groups is 2. The van der Waals surface area contributed by atoms with Crippen LogP contribution in [0.1, 0.15) is 38.5 Å². The van der Waals surface area contributed by atoms with Crippen LogP contribution in [-0.2, 0) is 16.6 Å². The van der Waals surface area contributed by atoms with Crippen LogP contribution in [0.3, 0.4) is 0 Å². The number of fused-ring (bicyclic) bond motifs is 8. The number of nitrogens with zero attached hydrogens (tertiary/aromatic N) is 5. The second-order valence-electron chi connectivity index (χ2n) is 11.8. The molecule has 41 heavy (non-hydrogen) atoms.